The largest absolute Gasteiger partial charge is 0.497 e. The molecular formula is C19H23NO3. The van der Waals surface area contributed by atoms with E-state index in [1.165, 1.54) is 0 Å². The summed E-state index contributed by atoms with van der Waals surface area (Å²) in [5.41, 5.74) is 3.23. The Morgan fingerprint density at radius 2 is 1.83 bits per heavy atom. The van der Waals surface area contributed by atoms with Crippen molar-refractivity contribution in [3.05, 3.63) is 59.2 Å². The Morgan fingerprint density at radius 3 is 2.48 bits per heavy atom. The number of ether oxygens (including phenoxy) is 2. The minimum absolute atomic E-state index is 0.00475. The summed E-state index contributed by atoms with van der Waals surface area (Å²) in [5, 5.41) is 2.93. The van der Waals surface area contributed by atoms with E-state index in [4.69, 9.17) is 9.47 Å². The predicted octanol–water partition coefficient (Wildman–Crippen LogP) is 3.57. The van der Waals surface area contributed by atoms with Crippen LogP contribution < -0.4 is 14.8 Å². The van der Waals surface area contributed by atoms with Crippen molar-refractivity contribution in [3.8, 4) is 11.5 Å². The minimum atomic E-state index is -0.144. The van der Waals surface area contributed by atoms with Crippen LogP contribution >= 0.6 is 0 Å². The Hall–Kier alpha value is -2.49. The molecule has 2 rings (SSSR count). The van der Waals surface area contributed by atoms with Gasteiger partial charge in [-0.3, -0.25) is 4.79 Å². The van der Waals surface area contributed by atoms with E-state index in [0.29, 0.717) is 0 Å². The maximum Gasteiger partial charge on any atom is 0.258 e. The number of carbonyl (C=O) groups is 1. The highest BCUT2D eigenvalue weighted by Gasteiger charge is 2.11. The van der Waals surface area contributed by atoms with E-state index < -0.39 is 0 Å². The van der Waals surface area contributed by atoms with Crippen LogP contribution in [-0.4, -0.2) is 19.6 Å². The Balaban J connectivity index is 1.89. The monoisotopic (exact) mass is 313 g/mol. The lowest BCUT2D eigenvalue weighted by molar-refractivity contribution is -0.123. The molecule has 2 aromatic rings. The fourth-order valence-corrected chi connectivity index (χ4v) is 2.28. The highest BCUT2D eigenvalue weighted by atomic mass is 16.5. The first-order valence-corrected chi connectivity index (χ1v) is 7.63. The minimum Gasteiger partial charge on any atom is -0.497 e. The lowest BCUT2D eigenvalue weighted by atomic mass is 10.1. The topological polar surface area (TPSA) is 47.6 Å². The Morgan fingerprint density at radius 1 is 1.13 bits per heavy atom. The van der Waals surface area contributed by atoms with Crippen molar-refractivity contribution < 1.29 is 14.3 Å². The summed E-state index contributed by atoms with van der Waals surface area (Å²) in [6, 6.07) is 13.4. The number of carbonyl (C=O) groups excluding carboxylic acids is 1. The molecule has 0 aliphatic rings. The zero-order valence-corrected chi connectivity index (χ0v) is 14.1. The quantitative estimate of drug-likeness (QED) is 0.887. The first kappa shape index (κ1) is 16.9. The summed E-state index contributed by atoms with van der Waals surface area (Å²) in [5.74, 6) is 1.40. The Bertz CT molecular complexity index is 665. The van der Waals surface area contributed by atoms with Gasteiger partial charge in [-0.25, -0.2) is 0 Å². The molecule has 4 nitrogen and oxygen atoms in total. The molecule has 0 heterocycles. The summed E-state index contributed by atoms with van der Waals surface area (Å²) >= 11 is 0. The zero-order valence-electron chi connectivity index (χ0n) is 14.1. The summed E-state index contributed by atoms with van der Waals surface area (Å²) in [6.07, 6.45) is 0. The van der Waals surface area contributed by atoms with Gasteiger partial charge in [-0.05, 0) is 55.7 Å². The average Bonchev–Trinajstić information content (AvgIpc) is 2.56. The van der Waals surface area contributed by atoms with Crippen LogP contribution in [0.1, 0.15) is 29.7 Å². The molecular weight excluding hydrogens is 290 g/mol. The molecule has 0 saturated carbocycles. The van der Waals surface area contributed by atoms with Gasteiger partial charge in [-0.15, -0.1) is 0 Å². The van der Waals surface area contributed by atoms with Crippen LogP contribution in [0.3, 0.4) is 0 Å². The average molecular weight is 313 g/mol. The van der Waals surface area contributed by atoms with E-state index in [9.17, 15) is 4.79 Å². The van der Waals surface area contributed by atoms with Crippen molar-refractivity contribution in [3.63, 3.8) is 0 Å². The summed E-state index contributed by atoms with van der Waals surface area (Å²) in [4.78, 5) is 12.1. The van der Waals surface area contributed by atoms with Gasteiger partial charge in [-0.1, -0.05) is 24.3 Å². The van der Waals surface area contributed by atoms with Gasteiger partial charge in [0, 0.05) is 0 Å². The molecule has 4 heteroatoms. The first-order valence-electron chi connectivity index (χ1n) is 7.63. The Labute approximate surface area is 137 Å². The number of methoxy groups -OCH3 is 1. The molecule has 0 aliphatic heterocycles. The maximum atomic E-state index is 12.1. The molecule has 0 spiro atoms. The number of amides is 1. The molecule has 0 fully saturated rings. The molecule has 0 saturated heterocycles. The second-order valence-electron chi connectivity index (χ2n) is 5.55. The second kappa shape index (κ2) is 7.68. The number of rotatable bonds is 6. The van der Waals surface area contributed by atoms with Crippen molar-refractivity contribution in [2.24, 2.45) is 0 Å². The van der Waals surface area contributed by atoms with Crippen LogP contribution in [0.2, 0.25) is 0 Å². The van der Waals surface area contributed by atoms with E-state index >= 15 is 0 Å². The standard InChI is InChI=1S/C19H23NO3/c1-13-6-5-7-18(14(13)2)23-12-19(21)20-15(3)16-8-10-17(22-4)11-9-16/h5-11,15H,12H2,1-4H3,(H,20,21). The van der Waals surface area contributed by atoms with Gasteiger partial charge in [0.15, 0.2) is 6.61 Å². The van der Waals surface area contributed by atoms with Crippen molar-refractivity contribution in [2.75, 3.05) is 13.7 Å². The van der Waals surface area contributed by atoms with Crippen LogP contribution in [0.4, 0.5) is 0 Å². The molecule has 122 valence electrons. The van der Waals surface area contributed by atoms with Crippen LogP contribution in [0.15, 0.2) is 42.5 Å². The lowest BCUT2D eigenvalue weighted by Gasteiger charge is -2.16. The lowest BCUT2D eigenvalue weighted by Crippen LogP contribution is -2.31. The first-order chi connectivity index (χ1) is 11.0. The van der Waals surface area contributed by atoms with E-state index in [1.807, 2.05) is 63.2 Å². The number of nitrogens with one attached hydrogen (secondary N) is 1. The van der Waals surface area contributed by atoms with E-state index in [1.54, 1.807) is 7.11 Å². The van der Waals surface area contributed by atoms with E-state index in [2.05, 4.69) is 5.32 Å². The van der Waals surface area contributed by atoms with Gasteiger partial charge in [0.2, 0.25) is 0 Å². The van der Waals surface area contributed by atoms with Gasteiger partial charge >= 0.3 is 0 Å². The SMILES string of the molecule is COc1ccc(C(C)NC(=O)COc2cccc(C)c2C)cc1. The molecule has 23 heavy (non-hydrogen) atoms. The van der Waals surface area contributed by atoms with Gasteiger partial charge in [0.05, 0.1) is 13.2 Å². The summed E-state index contributed by atoms with van der Waals surface area (Å²) in [6.45, 7) is 5.96. The third-order valence-electron chi connectivity index (χ3n) is 3.91. The normalized spacial score (nSPS) is 11.7. The molecule has 1 N–H and O–H groups in total. The predicted molar refractivity (Wildman–Crippen MR) is 91.0 cm³/mol. The van der Waals surface area contributed by atoms with Crippen molar-refractivity contribution in [2.45, 2.75) is 26.8 Å². The van der Waals surface area contributed by atoms with Crippen LogP contribution in [0, 0.1) is 13.8 Å². The zero-order chi connectivity index (χ0) is 16.8. The van der Waals surface area contributed by atoms with Gasteiger partial charge < -0.3 is 14.8 Å². The third kappa shape index (κ3) is 4.49. The maximum absolute atomic E-state index is 12.1. The van der Waals surface area contributed by atoms with Crippen molar-refractivity contribution >= 4 is 5.91 Å². The molecule has 0 aliphatic carbocycles. The van der Waals surface area contributed by atoms with E-state index in [-0.39, 0.29) is 18.6 Å². The summed E-state index contributed by atoms with van der Waals surface area (Å²) < 4.78 is 10.8. The third-order valence-corrected chi connectivity index (χ3v) is 3.91. The highest BCUT2D eigenvalue weighted by molar-refractivity contribution is 5.78. The highest BCUT2D eigenvalue weighted by Crippen LogP contribution is 2.20. The fraction of sp³-hybridized carbons (Fsp3) is 0.316. The molecule has 1 atom stereocenters. The molecule has 0 radical (unpaired) electrons. The van der Waals surface area contributed by atoms with Crippen LogP contribution in [0.5, 0.6) is 11.5 Å². The molecule has 0 aromatic heterocycles. The van der Waals surface area contributed by atoms with Crippen molar-refractivity contribution in [1.82, 2.24) is 5.32 Å². The smallest absolute Gasteiger partial charge is 0.258 e. The van der Waals surface area contributed by atoms with Crippen molar-refractivity contribution in [1.29, 1.82) is 0 Å². The fourth-order valence-electron chi connectivity index (χ4n) is 2.28. The van der Waals surface area contributed by atoms with Gasteiger partial charge in [0.1, 0.15) is 11.5 Å². The Kier molecular flexibility index (Phi) is 5.63. The molecule has 1 amide bonds. The van der Waals surface area contributed by atoms with Gasteiger partial charge in [-0.2, -0.15) is 0 Å². The van der Waals surface area contributed by atoms with Crippen LogP contribution in [-0.2, 0) is 4.79 Å². The number of aryl methyl sites for hydroxylation is 1. The molecule has 0 bridgehead atoms. The van der Waals surface area contributed by atoms with Crippen LogP contribution in [0.25, 0.3) is 0 Å². The van der Waals surface area contributed by atoms with Gasteiger partial charge in [0.25, 0.3) is 5.91 Å². The van der Waals surface area contributed by atoms with E-state index in [0.717, 1.165) is 28.2 Å². The molecule has 1 unspecified atom stereocenters. The number of hydrogen-bond donors (Lipinski definition) is 1. The second-order valence-corrected chi connectivity index (χ2v) is 5.55. The summed E-state index contributed by atoms with van der Waals surface area (Å²) in [7, 11) is 1.63. The number of hydrogen-bond acceptors (Lipinski definition) is 3. The number of benzene rings is 2. The molecule has 2 aromatic carbocycles.